The van der Waals surface area contributed by atoms with Gasteiger partial charge in [0, 0.05) is 64.6 Å². The maximum atomic E-state index is 6.39. The van der Waals surface area contributed by atoms with E-state index in [0.29, 0.717) is 0 Å². The van der Waals surface area contributed by atoms with Gasteiger partial charge in [0.2, 0.25) is 0 Å². The molecule has 0 spiro atoms. The first-order chi connectivity index (χ1) is 49.5. The van der Waals surface area contributed by atoms with Crippen molar-refractivity contribution in [1.29, 1.82) is 0 Å². The molecular formula is C88H57Br2N7O3. The Morgan fingerprint density at radius 3 is 0.790 bits per heavy atom. The lowest BCUT2D eigenvalue weighted by molar-refractivity contribution is 0.477. The Labute approximate surface area is 592 Å². The van der Waals surface area contributed by atoms with Crippen LogP contribution < -0.4 is 29.3 Å². The number of anilines is 8. The van der Waals surface area contributed by atoms with E-state index in [9.17, 15) is 0 Å². The van der Waals surface area contributed by atoms with Gasteiger partial charge < -0.3 is 47.6 Å². The summed E-state index contributed by atoms with van der Waals surface area (Å²) in [5.74, 6) is 5.09. The van der Waals surface area contributed by atoms with Crippen LogP contribution in [-0.2, 0) is 0 Å². The number of rotatable bonds is 6. The van der Waals surface area contributed by atoms with Crippen molar-refractivity contribution >= 4 is 143 Å². The topological polar surface area (TPSA) is 65.9 Å². The second-order valence-corrected chi connectivity index (χ2v) is 26.6. The molecule has 0 saturated carbocycles. The zero-order chi connectivity index (χ0) is 66.4. The molecule has 0 amide bonds. The van der Waals surface area contributed by atoms with Crippen LogP contribution in [0.2, 0.25) is 0 Å². The molecule has 0 atom stereocenters. The van der Waals surface area contributed by atoms with Gasteiger partial charge in [0.05, 0.1) is 78.3 Å². The monoisotopic (exact) mass is 1420 g/mol. The van der Waals surface area contributed by atoms with Crippen LogP contribution in [-0.4, -0.2) is 18.3 Å². The summed E-state index contributed by atoms with van der Waals surface area (Å²) in [4.78, 5) is 4.63. The van der Waals surface area contributed by atoms with Crippen molar-refractivity contribution in [2.24, 2.45) is 0 Å². The molecule has 7 heterocycles. The summed E-state index contributed by atoms with van der Waals surface area (Å²) < 4.78 is 30.3. The molecule has 0 fully saturated rings. The van der Waals surface area contributed by atoms with Crippen LogP contribution in [0.5, 0.6) is 34.5 Å². The average molecular weight is 1420 g/mol. The van der Waals surface area contributed by atoms with E-state index in [1.54, 1.807) is 0 Å². The van der Waals surface area contributed by atoms with Crippen molar-refractivity contribution in [3.05, 3.63) is 349 Å². The zero-order valence-corrected chi connectivity index (χ0v) is 56.7. The predicted octanol–water partition coefficient (Wildman–Crippen LogP) is 25.7. The van der Waals surface area contributed by atoms with E-state index >= 15 is 0 Å². The van der Waals surface area contributed by atoms with Gasteiger partial charge in [-0.05, 0) is 194 Å². The summed E-state index contributed by atoms with van der Waals surface area (Å²) in [6.45, 7) is 0. The van der Waals surface area contributed by atoms with Crippen LogP contribution in [0.4, 0.5) is 45.5 Å². The van der Waals surface area contributed by atoms with Crippen LogP contribution in [0.15, 0.2) is 349 Å². The number of hydrogen-bond donors (Lipinski definition) is 1. The lowest BCUT2D eigenvalue weighted by Crippen LogP contribution is -2.15. The molecule has 4 aromatic heterocycles. The summed E-state index contributed by atoms with van der Waals surface area (Å²) in [5.41, 5.74) is 22.0. The molecular weight excluding hydrogens is 1360 g/mol. The molecule has 0 radical (unpaired) electrons. The van der Waals surface area contributed by atoms with E-state index in [2.05, 4.69) is 308 Å². The van der Waals surface area contributed by atoms with Crippen molar-refractivity contribution in [2.75, 3.05) is 15.1 Å². The van der Waals surface area contributed by atoms with Gasteiger partial charge in [0.1, 0.15) is 0 Å². The van der Waals surface area contributed by atoms with E-state index in [0.717, 1.165) is 145 Å². The highest BCUT2D eigenvalue weighted by Gasteiger charge is 2.31. The average Bonchev–Trinajstić information content (AvgIpc) is 1.54. The summed E-state index contributed by atoms with van der Waals surface area (Å²) in [7, 11) is 0. The van der Waals surface area contributed by atoms with Crippen LogP contribution in [0, 0.1) is 0 Å². The van der Waals surface area contributed by atoms with E-state index in [-0.39, 0.29) is 0 Å². The summed E-state index contributed by atoms with van der Waals surface area (Å²) in [5, 5.41) is 8.09. The summed E-state index contributed by atoms with van der Waals surface area (Å²) in [6, 6.07) is 118. The minimum atomic E-state index is 0.831. The SMILES string of the molecule is Brc1ccc2c(c1)n(-c1ccccc1)c1c3ccc(Br)cc3n(-c3ccccc3)c21.c1ccc(-n2c3cc(N4c5ccccc5Oc5ccccc54)ccc3c3c2c2ccc(N4c5ccccc5Oc5ccccc54)cc2n3-c2ccccc2)cc1.c1ccc2c(c1)Nc1ccccc1O2. The number of ether oxygens (including phenoxy) is 3. The minimum Gasteiger partial charge on any atom is -0.453 e. The molecule has 3 aliphatic rings. The number of benzene rings is 14. The fourth-order valence-electron chi connectivity index (χ4n) is 14.7. The smallest absolute Gasteiger partial charge is 0.151 e. The molecule has 10 nitrogen and oxygen atoms in total. The Morgan fingerprint density at radius 1 is 0.220 bits per heavy atom. The Morgan fingerprint density at radius 2 is 0.470 bits per heavy atom. The fourth-order valence-corrected chi connectivity index (χ4v) is 15.4. The Bertz CT molecular complexity index is 5710. The number of halogens is 2. The second kappa shape index (κ2) is 24.3. The predicted molar refractivity (Wildman–Crippen MR) is 416 cm³/mol. The van der Waals surface area contributed by atoms with Crippen LogP contribution in [0.25, 0.3) is 88.4 Å². The van der Waals surface area contributed by atoms with Gasteiger partial charge in [-0.3, -0.25) is 0 Å². The third-order valence-corrected chi connectivity index (χ3v) is 19.9. The quantitative estimate of drug-likeness (QED) is 0.179. The Balaban J connectivity index is 0.000000130. The molecule has 0 saturated heterocycles. The molecule has 14 aromatic carbocycles. The Hall–Kier alpha value is -12.5. The third-order valence-electron chi connectivity index (χ3n) is 18.9. The number of nitrogens with one attached hydrogen (secondary N) is 1. The van der Waals surface area contributed by atoms with Crippen LogP contribution in [0.1, 0.15) is 0 Å². The van der Waals surface area contributed by atoms with Gasteiger partial charge in [0.25, 0.3) is 0 Å². The normalized spacial score (nSPS) is 12.4. The fraction of sp³-hybridized carbons (Fsp3) is 0. The number of aromatic nitrogens is 4. The third kappa shape index (κ3) is 9.81. The van der Waals surface area contributed by atoms with Gasteiger partial charge in [-0.1, -0.05) is 177 Å². The van der Waals surface area contributed by atoms with E-state index < -0.39 is 0 Å². The number of hydrogen-bond acceptors (Lipinski definition) is 6. The molecule has 18 aromatic rings. The highest BCUT2D eigenvalue weighted by Crippen LogP contribution is 2.54. The summed E-state index contributed by atoms with van der Waals surface area (Å²) >= 11 is 7.36. The first-order valence-electron chi connectivity index (χ1n) is 33.2. The second-order valence-electron chi connectivity index (χ2n) is 24.8. The lowest BCUT2D eigenvalue weighted by Gasteiger charge is -2.33. The number of nitrogens with zero attached hydrogens (tertiary/aromatic N) is 6. The summed E-state index contributed by atoms with van der Waals surface area (Å²) in [6.07, 6.45) is 0. The highest BCUT2D eigenvalue weighted by molar-refractivity contribution is 9.10. The maximum Gasteiger partial charge on any atom is 0.151 e. The van der Waals surface area contributed by atoms with E-state index in [1.165, 1.54) is 32.8 Å². The maximum absolute atomic E-state index is 6.39. The molecule has 0 unspecified atom stereocenters. The zero-order valence-electron chi connectivity index (χ0n) is 53.5. The first kappa shape index (κ1) is 58.8. The molecule has 476 valence electrons. The molecule has 0 bridgehead atoms. The van der Waals surface area contributed by atoms with Gasteiger partial charge in [-0.25, -0.2) is 0 Å². The molecule has 21 rings (SSSR count). The van der Waals surface area contributed by atoms with Crippen molar-refractivity contribution < 1.29 is 14.2 Å². The molecule has 1 N–H and O–H groups in total. The van der Waals surface area contributed by atoms with Crippen molar-refractivity contribution in [1.82, 2.24) is 18.3 Å². The Kier molecular flexibility index (Phi) is 14.3. The minimum absolute atomic E-state index is 0.831. The molecule has 3 aliphatic heterocycles. The van der Waals surface area contributed by atoms with Crippen molar-refractivity contribution in [2.45, 2.75) is 0 Å². The molecule has 12 heteroatoms. The lowest BCUT2D eigenvalue weighted by atomic mass is 10.1. The standard InChI is InChI=1S/C50H32N4O2.C26H16Br2N2.C12H9NO/c1-3-15-33(16-4-1)53-43-31-35(51-39-19-7-11-23-45(39)55-46-24-12-8-20-40(46)51)27-29-37(43)50-49(53)38-30-28-36(32-44(38)54(50)34-17-5-2-6-18-34)52-41-21-9-13-25-47(41)56-48-26-14-10-22-42(48)52;27-17-11-13-21-23(15-17)29(19-7-3-1-4-8-19)25-22-14-12-18(28)16-24(22)30(26(21)25)20-9-5-2-6-10-20;1-3-7-11-9(5-1)13-10-6-2-4-8-12(10)14-11/h1-32H;1-16H;1-8,13H. The molecule has 0 aliphatic carbocycles. The number of para-hydroxylation sites is 16. The number of fused-ring (bicyclic) bond motifs is 16. The largest absolute Gasteiger partial charge is 0.453 e. The van der Waals surface area contributed by atoms with E-state index in [1.807, 2.05) is 97.1 Å². The van der Waals surface area contributed by atoms with Crippen LogP contribution in [0.3, 0.4) is 0 Å². The van der Waals surface area contributed by atoms with Crippen molar-refractivity contribution in [3.63, 3.8) is 0 Å². The molecule has 100 heavy (non-hydrogen) atoms. The van der Waals surface area contributed by atoms with Gasteiger partial charge in [0.15, 0.2) is 34.5 Å². The highest BCUT2D eigenvalue weighted by atomic mass is 79.9. The van der Waals surface area contributed by atoms with E-state index in [4.69, 9.17) is 14.2 Å². The first-order valence-corrected chi connectivity index (χ1v) is 34.8. The van der Waals surface area contributed by atoms with Gasteiger partial charge >= 0.3 is 0 Å². The van der Waals surface area contributed by atoms with Gasteiger partial charge in [-0.15, -0.1) is 0 Å². The van der Waals surface area contributed by atoms with Crippen molar-refractivity contribution in [3.8, 4) is 57.2 Å². The van der Waals surface area contributed by atoms with Crippen LogP contribution >= 0.6 is 31.9 Å². The van der Waals surface area contributed by atoms with Gasteiger partial charge in [-0.2, -0.15) is 0 Å².